The molecule has 0 spiro atoms. The second kappa shape index (κ2) is 6.16. The Balaban J connectivity index is 1.86. The number of rotatable bonds is 5. The Morgan fingerprint density at radius 1 is 1.35 bits per heavy atom. The summed E-state index contributed by atoms with van der Waals surface area (Å²) in [5.41, 5.74) is 3.14. The van der Waals surface area contributed by atoms with Crippen LogP contribution in [0.15, 0.2) is 35.5 Å². The Morgan fingerprint density at radius 2 is 2.09 bits per heavy atom. The number of alkyl halides is 2. The largest absolute Gasteiger partial charge is 0.362 e. The van der Waals surface area contributed by atoms with Gasteiger partial charge in [0, 0.05) is 17.0 Å². The lowest BCUT2D eigenvalue weighted by atomic mass is 10.2. The van der Waals surface area contributed by atoms with Gasteiger partial charge in [-0.2, -0.15) is 8.78 Å². The number of aromatic amines is 1. The summed E-state index contributed by atoms with van der Waals surface area (Å²) in [5, 5.41) is 0.152. The number of hydrogen-bond acceptors (Lipinski definition) is 3. The van der Waals surface area contributed by atoms with E-state index in [4.69, 9.17) is 0 Å². The number of imidazole rings is 1. The number of H-pyrrole nitrogens is 1. The summed E-state index contributed by atoms with van der Waals surface area (Å²) in [5.74, 6) is -0.0431. The van der Waals surface area contributed by atoms with E-state index in [-0.39, 0.29) is 16.7 Å². The van der Waals surface area contributed by atoms with Gasteiger partial charge in [-0.1, -0.05) is 23.9 Å². The quantitative estimate of drug-likeness (QED) is 0.557. The standard InChI is InChI=1S/C16H15F2N3OS/c1-9-7-11(10(2)19-9)14(22)8-23-16-20-12-5-3-4-6-13(12)21(16)15(17)18/h3-7,15,19H,8H2,1-2H3. The molecule has 0 bridgehead atoms. The number of hydrogen-bond donors (Lipinski definition) is 1. The third kappa shape index (κ3) is 3.01. The van der Waals surface area contributed by atoms with Gasteiger partial charge in [0.25, 0.3) is 0 Å². The van der Waals surface area contributed by atoms with E-state index in [0.717, 1.165) is 27.7 Å². The number of aromatic nitrogens is 3. The lowest BCUT2D eigenvalue weighted by molar-refractivity contribution is 0.0656. The molecule has 0 amide bonds. The first kappa shape index (κ1) is 15.7. The SMILES string of the molecule is Cc1cc(C(=O)CSc2nc3ccccc3n2C(F)F)c(C)[nH]1. The fourth-order valence-electron chi connectivity index (χ4n) is 2.53. The summed E-state index contributed by atoms with van der Waals surface area (Å²) in [6.45, 7) is 0.989. The van der Waals surface area contributed by atoms with Gasteiger partial charge in [0.05, 0.1) is 16.8 Å². The molecule has 0 fully saturated rings. The number of nitrogens with zero attached hydrogens (tertiary/aromatic N) is 2. The number of nitrogens with one attached hydrogen (secondary N) is 1. The van der Waals surface area contributed by atoms with Gasteiger partial charge in [0.2, 0.25) is 0 Å². The van der Waals surface area contributed by atoms with Crippen LogP contribution in [-0.2, 0) is 0 Å². The highest BCUT2D eigenvalue weighted by molar-refractivity contribution is 7.99. The number of carbonyl (C=O) groups excluding carboxylic acids is 1. The van der Waals surface area contributed by atoms with Crippen molar-refractivity contribution in [2.24, 2.45) is 0 Å². The fourth-order valence-corrected chi connectivity index (χ4v) is 3.43. The number of Topliss-reactive ketones (excluding diaryl/α,β-unsaturated/α-hetero) is 1. The molecular formula is C16H15F2N3OS. The second-order valence-electron chi connectivity index (χ2n) is 5.23. The van der Waals surface area contributed by atoms with Gasteiger partial charge in [0.1, 0.15) is 0 Å². The zero-order valence-electron chi connectivity index (χ0n) is 12.6. The molecule has 120 valence electrons. The molecule has 0 aliphatic heterocycles. The molecule has 0 aliphatic carbocycles. The number of benzene rings is 1. The molecule has 0 saturated heterocycles. The van der Waals surface area contributed by atoms with E-state index in [1.54, 1.807) is 30.3 Å². The Kier molecular flexibility index (Phi) is 4.21. The minimum absolute atomic E-state index is 0.0637. The highest BCUT2D eigenvalue weighted by Gasteiger charge is 2.20. The molecule has 0 saturated carbocycles. The first-order valence-electron chi connectivity index (χ1n) is 7.04. The third-order valence-electron chi connectivity index (χ3n) is 3.54. The van der Waals surface area contributed by atoms with Gasteiger partial charge in [0.15, 0.2) is 10.9 Å². The fraction of sp³-hybridized carbons (Fsp3) is 0.250. The summed E-state index contributed by atoms with van der Waals surface area (Å²) < 4.78 is 27.5. The lowest BCUT2D eigenvalue weighted by Crippen LogP contribution is -2.06. The third-order valence-corrected chi connectivity index (χ3v) is 4.49. The molecule has 3 rings (SSSR count). The topological polar surface area (TPSA) is 50.7 Å². The monoisotopic (exact) mass is 335 g/mol. The maximum atomic E-state index is 13.3. The Hall–Kier alpha value is -2.15. The van der Waals surface area contributed by atoms with Gasteiger partial charge in [-0.3, -0.25) is 9.36 Å². The Labute approximate surface area is 135 Å². The zero-order chi connectivity index (χ0) is 16.6. The molecule has 0 unspecified atom stereocenters. The van der Waals surface area contributed by atoms with E-state index < -0.39 is 6.55 Å². The highest BCUT2D eigenvalue weighted by Crippen LogP contribution is 2.29. The predicted octanol–water partition coefficient (Wildman–Crippen LogP) is 4.35. The van der Waals surface area contributed by atoms with Gasteiger partial charge in [-0.15, -0.1) is 0 Å². The number of para-hydroxylation sites is 2. The van der Waals surface area contributed by atoms with Crippen molar-refractivity contribution in [1.82, 2.24) is 14.5 Å². The summed E-state index contributed by atoms with van der Waals surface area (Å²) in [6.07, 6.45) is 0. The van der Waals surface area contributed by atoms with Crippen molar-refractivity contribution < 1.29 is 13.6 Å². The number of fused-ring (bicyclic) bond motifs is 1. The molecule has 3 aromatic rings. The van der Waals surface area contributed by atoms with E-state index in [0.29, 0.717) is 16.6 Å². The van der Waals surface area contributed by atoms with Crippen molar-refractivity contribution in [3.05, 3.63) is 47.3 Å². The molecule has 0 radical (unpaired) electrons. The summed E-state index contributed by atoms with van der Waals surface area (Å²) >= 11 is 1.03. The molecule has 23 heavy (non-hydrogen) atoms. The highest BCUT2D eigenvalue weighted by atomic mass is 32.2. The van der Waals surface area contributed by atoms with Crippen molar-refractivity contribution >= 4 is 28.6 Å². The number of carbonyl (C=O) groups is 1. The maximum absolute atomic E-state index is 13.3. The van der Waals surface area contributed by atoms with Crippen molar-refractivity contribution in [3.63, 3.8) is 0 Å². The van der Waals surface area contributed by atoms with Crippen LogP contribution < -0.4 is 0 Å². The number of halogens is 2. The molecule has 2 heterocycles. The first-order chi connectivity index (χ1) is 11.0. The smallest absolute Gasteiger partial charge is 0.321 e. The average Bonchev–Trinajstić information content (AvgIpc) is 3.04. The van der Waals surface area contributed by atoms with Gasteiger partial charge in [-0.25, -0.2) is 4.98 Å². The van der Waals surface area contributed by atoms with Gasteiger partial charge in [-0.05, 0) is 32.0 Å². The summed E-state index contributed by atoms with van der Waals surface area (Å²) in [6, 6.07) is 8.49. The van der Waals surface area contributed by atoms with Crippen LogP contribution in [0.1, 0.15) is 28.3 Å². The van der Waals surface area contributed by atoms with Gasteiger partial charge >= 0.3 is 6.55 Å². The number of aryl methyl sites for hydroxylation is 2. The van der Waals surface area contributed by atoms with Crippen LogP contribution in [0, 0.1) is 13.8 Å². The van der Waals surface area contributed by atoms with Crippen LogP contribution >= 0.6 is 11.8 Å². The maximum Gasteiger partial charge on any atom is 0.321 e. The zero-order valence-corrected chi connectivity index (χ0v) is 13.5. The first-order valence-corrected chi connectivity index (χ1v) is 8.03. The van der Waals surface area contributed by atoms with Crippen LogP contribution in [0.25, 0.3) is 11.0 Å². The molecule has 7 heteroatoms. The molecular weight excluding hydrogens is 320 g/mol. The summed E-state index contributed by atoms with van der Waals surface area (Å²) in [7, 11) is 0. The average molecular weight is 335 g/mol. The van der Waals surface area contributed by atoms with E-state index in [1.807, 2.05) is 13.8 Å². The molecule has 2 aromatic heterocycles. The van der Waals surface area contributed by atoms with E-state index in [2.05, 4.69) is 9.97 Å². The minimum atomic E-state index is -2.70. The predicted molar refractivity (Wildman–Crippen MR) is 86.3 cm³/mol. The van der Waals surface area contributed by atoms with E-state index in [1.165, 1.54) is 0 Å². The Morgan fingerprint density at radius 3 is 2.74 bits per heavy atom. The van der Waals surface area contributed by atoms with Crippen LogP contribution in [0.3, 0.4) is 0 Å². The van der Waals surface area contributed by atoms with Crippen LogP contribution in [0.2, 0.25) is 0 Å². The van der Waals surface area contributed by atoms with Crippen molar-refractivity contribution in [2.45, 2.75) is 25.6 Å². The lowest BCUT2D eigenvalue weighted by Gasteiger charge is -2.06. The molecule has 1 aromatic carbocycles. The summed E-state index contributed by atoms with van der Waals surface area (Å²) in [4.78, 5) is 19.6. The van der Waals surface area contributed by atoms with E-state index in [9.17, 15) is 13.6 Å². The second-order valence-corrected chi connectivity index (χ2v) is 6.18. The van der Waals surface area contributed by atoms with Crippen molar-refractivity contribution in [3.8, 4) is 0 Å². The molecule has 0 aliphatic rings. The normalized spacial score (nSPS) is 11.5. The Bertz CT molecular complexity index is 869. The van der Waals surface area contributed by atoms with Crippen molar-refractivity contribution in [1.29, 1.82) is 0 Å². The minimum Gasteiger partial charge on any atom is -0.362 e. The van der Waals surface area contributed by atoms with Crippen molar-refractivity contribution in [2.75, 3.05) is 5.75 Å². The van der Waals surface area contributed by atoms with Crippen LogP contribution in [0.5, 0.6) is 0 Å². The molecule has 1 N–H and O–H groups in total. The van der Waals surface area contributed by atoms with Gasteiger partial charge < -0.3 is 4.98 Å². The van der Waals surface area contributed by atoms with Crippen LogP contribution in [0.4, 0.5) is 8.78 Å². The molecule has 4 nitrogen and oxygen atoms in total. The number of thioether (sulfide) groups is 1. The van der Waals surface area contributed by atoms with E-state index >= 15 is 0 Å². The van der Waals surface area contributed by atoms with Crippen LogP contribution in [-0.4, -0.2) is 26.1 Å². The number of ketones is 1. The molecule has 0 atom stereocenters.